The van der Waals surface area contributed by atoms with Crippen LogP contribution in [-0.2, 0) is 24.3 Å². The fraction of sp³-hybridized carbons (Fsp3) is 0.474. The Balaban J connectivity index is 1.62. The van der Waals surface area contributed by atoms with E-state index < -0.39 is 6.04 Å². The zero-order valence-electron chi connectivity index (χ0n) is 15.5. The van der Waals surface area contributed by atoms with Crippen LogP contribution < -0.4 is 10.6 Å². The van der Waals surface area contributed by atoms with Gasteiger partial charge in [0, 0.05) is 18.5 Å². The normalized spacial score (nSPS) is 14.2. The number of aryl methyl sites for hydroxylation is 2. The molecule has 138 valence electrons. The fourth-order valence-corrected chi connectivity index (χ4v) is 3.08. The lowest BCUT2D eigenvalue weighted by atomic mass is 10.0. The standard InChI is InChI=1S/C19H25N5O2/c1-12(2)17(21-18(25)14-8-6-13(3)7-9-14)19(26)20-11-16-23-22-15-5-4-10-24(15)16/h6-9,12,17H,4-5,10-11H2,1-3H3,(H,20,26)(H,21,25)/t17-/m0/s1. The first-order chi connectivity index (χ1) is 12.5. The molecule has 2 N–H and O–H groups in total. The molecule has 0 saturated carbocycles. The van der Waals surface area contributed by atoms with E-state index in [9.17, 15) is 9.59 Å². The minimum Gasteiger partial charge on any atom is -0.347 e. The molecule has 2 amide bonds. The Bertz CT molecular complexity index is 795. The van der Waals surface area contributed by atoms with Gasteiger partial charge in [0.05, 0.1) is 6.54 Å². The van der Waals surface area contributed by atoms with Gasteiger partial charge >= 0.3 is 0 Å². The number of amides is 2. The minimum absolute atomic E-state index is 0.0338. The molecule has 26 heavy (non-hydrogen) atoms. The van der Waals surface area contributed by atoms with Gasteiger partial charge in [-0.05, 0) is 31.4 Å². The lowest BCUT2D eigenvalue weighted by Crippen LogP contribution is -2.49. The highest BCUT2D eigenvalue weighted by atomic mass is 16.2. The first kappa shape index (κ1) is 18.1. The van der Waals surface area contributed by atoms with E-state index >= 15 is 0 Å². The number of benzene rings is 1. The predicted octanol–water partition coefficient (Wildman–Crippen LogP) is 1.60. The molecule has 0 bridgehead atoms. The molecular formula is C19H25N5O2. The first-order valence-electron chi connectivity index (χ1n) is 9.02. The smallest absolute Gasteiger partial charge is 0.251 e. The third-order valence-electron chi connectivity index (χ3n) is 4.66. The molecule has 0 radical (unpaired) electrons. The van der Waals surface area contributed by atoms with Crippen molar-refractivity contribution in [2.75, 3.05) is 0 Å². The molecule has 0 saturated heterocycles. The van der Waals surface area contributed by atoms with Crippen molar-refractivity contribution in [2.45, 2.75) is 52.7 Å². The van der Waals surface area contributed by atoms with E-state index in [1.165, 1.54) is 0 Å². The number of aromatic nitrogens is 3. The van der Waals surface area contributed by atoms with Crippen LogP contribution >= 0.6 is 0 Å². The van der Waals surface area contributed by atoms with E-state index in [0.29, 0.717) is 12.1 Å². The van der Waals surface area contributed by atoms with Crippen molar-refractivity contribution in [1.82, 2.24) is 25.4 Å². The summed E-state index contributed by atoms with van der Waals surface area (Å²) in [6.45, 7) is 7.00. The number of fused-ring (bicyclic) bond motifs is 1. The zero-order chi connectivity index (χ0) is 18.7. The summed E-state index contributed by atoms with van der Waals surface area (Å²) >= 11 is 0. The number of hydrogen-bond acceptors (Lipinski definition) is 4. The molecule has 7 nitrogen and oxygen atoms in total. The maximum Gasteiger partial charge on any atom is 0.251 e. The van der Waals surface area contributed by atoms with E-state index in [1.807, 2.05) is 32.9 Å². The van der Waals surface area contributed by atoms with E-state index in [-0.39, 0.29) is 17.7 Å². The van der Waals surface area contributed by atoms with Crippen molar-refractivity contribution in [3.63, 3.8) is 0 Å². The lowest BCUT2D eigenvalue weighted by molar-refractivity contribution is -0.124. The van der Waals surface area contributed by atoms with Gasteiger partial charge in [-0.25, -0.2) is 0 Å². The molecule has 1 atom stereocenters. The van der Waals surface area contributed by atoms with Crippen molar-refractivity contribution in [2.24, 2.45) is 5.92 Å². The van der Waals surface area contributed by atoms with Gasteiger partial charge in [-0.2, -0.15) is 0 Å². The quantitative estimate of drug-likeness (QED) is 0.824. The Kier molecular flexibility index (Phi) is 5.35. The molecule has 0 aliphatic carbocycles. The topological polar surface area (TPSA) is 88.9 Å². The fourth-order valence-electron chi connectivity index (χ4n) is 3.08. The zero-order valence-corrected chi connectivity index (χ0v) is 15.5. The van der Waals surface area contributed by atoms with Gasteiger partial charge in [0.15, 0.2) is 5.82 Å². The number of nitrogens with zero attached hydrogens (tertiary/aromatic N) is 3. The highest BCUT2D eigenvalue weighted by Gasteiger charge is 2.25. The summed E-state index contributed by atoms with van der Waals surface area (Å²) in [5, 5.41) is 14.0. The molecule has 0 fully saturated rings. The Morgan fingerprint density at radius 3 is 2.62 bits per heavy atom. The number of rotatable bonds is 6. The van der Waals surface area contributed by atoms with Crippen LogP contribution in [0.5, 0.6) is 0 Å². The van der Waals surface area contributed by atoms with E-state index in [2.05, 4.69) is 25.4 Å². The second kappa shape index (κ2) is 7.68. The Morgan fingerprint density at radius 2 is 1.92 bits per heavy atom. The van der Waals surface area contributed by atoms with Crippen LogP contribution in [0.2, 0.25) is 0 Å². The predicted molar refractivity (Wildman–Crippen MR) is 97.5 cm³/mol. The molecule has 0 unspecified atom stereocenters. The average Bonchev–Trinajstić information content (AvgIpc) is 3.21. The molecule has 2 aromatic rings. The highest BCUT2D eigenvalue weighted by molar-refractivity contribution is 5.97. The van der Waals surface area contributed by atoms with E-state index in [4.69, 9.17) is 0 Å². The summed E-state index contributed by atoms with van der Waals surface area (Å²) in [5.41, 5.74) is 1.63. The molecule has 7 heteroatoms. The summed E-state index contributed by atoms with van der Waals surface area (Å²) in [6, 6.07) is 6.68. The summed E-state index contributed by atoms with van der Waals surface area (Å²) < 4.78 is 2.05. The van der Waals surface area contributed by atoms with Gasteiger partial charge in [-0.1, -0.05) is 31.5 Å². The molecule has 0 spiro atoms. The largest absolute Gasteiger partial charge is 0.347 e. The molecule has 1 aromatic carbocycles. The number of carbonyl (C=O) groups excluding carboxylic acids is 2. The number of nitrogens with one attached hydrogen (secondary N) is 2. The Hall–Kier alpha value is -2.70. The summed E-state index contributed by atoms with van der Waals surface area (Å²) in [4.78, 5) is 25.1. The molecular weight excluding hydrogens is 330 g/mol. The number of carbonyl (C=O) groups is 2. The van der Waals surface area contributed by atoms with Crippen LogP contribution in [0, 0.1) is 12.8 Å². The van der Waals surface area contributed by atoms with E-state index in [1.54, 1.807) is 12.1 Å². The second-order valence-corrected chi connectivity index (χ2v) is 7.07. The summed E-state index contributed by atoms with van der Waals surface area (Å²) in [5.74, 6) is 1.24. The molecule has 1 aliphatic heterocycles. The van der Waals surface area contributed by atoms with Crippen LogP contribution in [0.1, 0.15) is 47.8 Å². The van der Waals surface area contributed by atoms with Gasteiger partial charge < -0.3 is 15.2 Å². The van der Waals surface area contributed by atoms with Gasteiger partial charge in [0.2, 0.25) is 5.91 Å². The Labute approximate surface area is 153 Å². The summed E-state index contributed by atoms with van der Waals surface area (Å²) in [6.07, 6.45) is 2.00. The molecule has 3 rings (SSSR count). The third-order valence-corrected chi connectivity index (χ3v) is 4.66. The molecule has 1 aromatic heterocycles. The first-order valence-corrected chi connectivity index (χ1v) is 9.02. The maximum absolute atomic E-state index is 12.6. The van der Waals surface area contributed by atoms with Crippen molar-refractivity contribution in [3.05, 3.63) is 47.0 Å². The molecule has 1 aliphatic rings. The monoisotopic (exact) mass is 355 g/mol. The van der Waals surface area contributed by atoms with Crippen LogP contribution in [0.3, 0.4) is 0 Å². The van der Waals surface area contributed by atoms with Gasteiger partial charge in [0.25, 0.3) is 5.91 Å². The van der Waals surface area contributed by atoms with E-state index in [0.717, 1.165) is 36.6 Å². The van der Waals surface area contributed by atoms with Crippen LogP contribution in [-0.4, -0.2) is 32.6 Å². The van der Waals surface area contributed by atoms with Gasteiger partial charge in [0.1, 0.15) is 11.9 Å². The average molecular weight is 355 g/mol. The Morgan fingerprint density at radius 1 is 1.19 bits per heavy atom. The maximum atomic E-state index is 12.6. The van der Waals surface area contributed by atoms with Crippen molar-refractivity contribution < 1.29 is 9.59 Å². The summed E-state index contributed by atoms with van der Waals surface area (Å²) in [7, 11) is 0. The van der Waals surface area contributed by atoms with Gasteiger partial charge in [-0.15, -0.1) is 10.2 Å². The molecule has 2 heterocycles. The van der Waals surface area contributed by atoms with Crippen LogP contribution in [0.4, 0.5) is 0 Å². The van der Waals surface area contributed by atoms with Crippen molar-refractivity contribution in [1.29, 1.82) is 0 Å². The SMILES string of the molecule is Cc1ccc(C(=O)N[C@H](C(=O)NCc2nnc3n2CCC3)C(C)C)cc1. The van der Waals surface area contributed by atoms with Gasteiger partial charge in [-0.3, -0.25) is 9.59 Å². The minimum atomic E-state index is -0.607. The highest BCUT2D eigenvalue weighted by Crippen LogP contribution is 2.14. The third kappa shape index (κ3) is 3.92. The number of hydrogen-bond donors (Lipinski definition) is 2. The lowest BCUT2D eigenvalue weighted by Gasteiger charge is -2.21. The van der Waals surface area contributed by atoms with Crippen LogP contribution in [0.25, 0.3) is 0 Å². The van der Waals surface area contributed by atoms with Crippen LogP contribution in [0.15, 0.2) is 24.3 Å². The second-order valence-electron chi connectivity index (χ2n) is 7.07. The van der Waals surface area contributed by atoms with Crippen molar-refractivity contribution >= 4 is 11.8 Å². The van der Waals surface area contributed by atoms with Crippen molar-refractivity contribution in [3.8, 4) is 0 Å².